The van der Waals surface area contributed by atoms with Crippen LogP contribution in [0.2, 0.25) is 5.02 Å². The van der Waals surface area contributed by atoms with Crippen LogP contribution in [-0.2, 0) is 10.0 Å². The number of halogens is 1. The van der Waals surface area contributed by atoms with Crippen LogP contribution >= 0.6 is 11.6 Å². The predicted octanol–water partition coefficient (Wildman–Crippen LogP) is 4.47. The first-order valence-electron chi connectivity index (χ1n) is 8.56. The molecule has 0 saturated carbocycles. The number of benzene rings is 2. The van der Waals surface area contributed by atoms with Gasteiger partial charge in [-0.25, -0.2) is 18.4 Å². The number of nitrogens with one attached hydrogen (secondary N) is 1. The molecule has 0 aliphatic carbocycles. The molecule has 1 N–H and O–H groups in total. The van der Waals surface area contributed by atoms with E-state index in [0.29, 0.717) is 22.3 Å². The number of imidazole rings is 1. The van der Waals surface area contributed by atoms with E-state index in [9.17, 15) is 8.42 Å². The quantitative estimate of drug-likeness (QED) is 0.536. The van der Waals surface area contributed by atoms with Gasteiger partial charge in [0.25, 0.3) is 10.0 Å². The smallest absolute Gasteiger partial charge is 0.263 e. The van der Waals surface area contributed by atoms with Gasteiger partial charge < -0.3 is 0 Å². The fourth-order valence-electron chi connectivity index (χ4n) is 3.07. The second-order valence-corrected chi connectivity index (χ2v) is 8.53. The summed E-state index contributed by atoms with van der Waals surface area (Å²) in [7, 11) is -3.85. The second-order valence-electron chi connectivity index (χ2n) is 6.41. The van der Waals surface area contributed by atoms with Gasteiger partial charge in [0.05, 0.1) is 4.90 Å². The van der Waals surface area contributed by atoms with E-state index in [1.165, 1.54) is 12.1 Å². The number of hydrogen-bond acceptors (Lipinski definition) is 4. The number of sulfonamides is 1. The zero-order chi connectivity index (χ0) is 19.9. The third kappa shape index (κ3) is 3.34. The molecule has 2 heterocycles. The molecule has 0 aliphatic heterocycles. The molecule has 4 aromatic rings. The highest BCUT2D eigenvalue weighted by molar-refractivity contribution is 7.92. The molecule has 0 bridgehead atoms. The summed E-state index contributed by atoms with van der Waals surface area (Å²) >= 11 is 5.89. The molecule has 2 aromatic carbocycles. The van der Waals surface area contributed by atoms with E-state index in [-0.39, 0.29) is 4.90 Å². The Morgan fingerprint density at radius 2 is 1.64 bits per heavy atom. The standard InChI is InChI=1S/C20H17ClN4O2S/c1-13-12-14(2)25-19(24-28(26,27)17-10-8-16(21)9-11-17)18(23-20(25)22-13)15-6-4-3-5-7-15/h3-12,24H,1-2H3. The number of hydrogen-bond donors (Lipinski definition) is 1. The number of aryl methyl sites for hydroxylation is 2. The zero-order valence-electron chi connectivity index (χ0n) is 15.2. The van der Waals surface area contributed by atoms with Gasteiger partial charge in [0.15, 0.2) is 5.82 Å². The Morgan fingerprint density at radius 3 is 2.32 bits per heavy atom. The molecule has 0 saturated heterocycles. The van der Waals surface area contributed by atoms with Gasteiger partial charge in [0.1, 0.15) is 5.69 Å². The Bertz CT molecular complexity index is 1270. The van der Waals surface area contributed by atoms with Gasteiger partial charge in [-0.05, 0) is 44.2 Å². The summed E-state index contributed by atoms with van der Waals surface area (Å²) in [6, 6.07) is 17.3. The lowest BCUT2D eigenvalue weighted by molar-refractivity contribution is 0.601. The maximum absolute atomic E-state index is 13.0. The maximum Gasteiger partial charge on any atom is 0.263 e. The summed E-state index contributed by atoms with van der Waals surface area (Å²) in [5.74, 6) is 0.784. The molecular weight excluding hydrogens is 396 g/mol. The Kier molecular flexibility index (Phi) is 4.56. The number of anilines is 1. The second kappa shape index (κ2) is 6.92. The summed E-state index contributed by atoms with van der Waals surface area (Å²) in [6.07, 6.45) is 0. The van der Waals surface area contributed by atoms with Crippen molar-refractivity contribution in [2.75, 3.05) is 4.72 Å². The summed E-state index contributed by atoms with van der Waals surface area (Å²) < 4.78 is 30.4. The predicted molar refractivity (Wildman–Crippen MR) is 110 cm³/mol. The molecule has 2 aromatic heterocycles. The van der Waals surface area contributed by atoms with Crippen molar-refractivity contribution in [2.24, 2.45) is 0 Å². The van der Waals surface area contributed by atoms with Crippen LogP contribution in [0, 0.1) is 13.8 Å². The highest BCUT2D eigenvalue weighted by Crippen LogP contribution is 2.31. The summed E-state index contributed by atoms with van der Waals surface area (Å²) in [5, 5.41) is 0.467. The van der Waals surface area contributed by atoms with Crippen molar-refractivity contribution in [3.63, 3.8) is 0 Å². The van der Waals surface area contributed by atoms with Gasteiger partial charge in [-0.15, -0.1) is 0 Å². The number of aromatic nitrogens is 3. The van der Waals surface area contributed by atoms with E-state index >= 15 is 0 Å². The Labute approximate surface area is 167 Å². The lowest BCUT2D eigenvalue weighted by Crippen LogP contribution is -2.15. The van der Waals surface area contributed by atoms with Crippen molar-refractivity contribution < 1.29 is 8.42 Å². The van der Waals surface area contributed by atoms with E-state index in [1.54, 1.807) is 16.5 Å². The van der Waals surface area contributed by atoms with Gasteiger partial charge in [0, 0.05) is 22.0 Å². The first kappa shape index (κ1) is 18.5. The number of fused-ring (bicyclic) bond motifs is 1. The van der Waals surface area contributed by atoms with E-state index in [0.717, 1.165) is 17.0 Å². The first-order chi connectivity index (χ1) is 13.3. The van der Waals surface area contributed by atoms with Crippen LogP contribution < -0.4 is 4.72 Å². The van der Waals surface area contributed by atoms with Crippen LogP contribution in [0.3, 0.4) is 0 Å². The van der Waals surface area contributed by atoms with Crippen molar-refractivity contribution in [2.45, 2.75) is 18.7 Å². The van der Waals surface area contributed by atoms with Crippen LogP contribution in [-0.4, -0.2) is 22.8 Å². The molecule has 142 valence electrons. The van der Waals surface area contributed by atoms with Crippen molar-refractivity contribution in [3.8, 4) is 11.3 Å². The van der Waals surface area contributed by atoms with Gasteiger partial charge >= 0.3 is 0 Å². The highest BCUT2D eigenvalue weighted by atomic mass is 35.5. The Morgan fingerprint density at radius 1 is 0.964 bits per heavy atom. The third-order valence-electron chi connectivity index (χ3n) is 4.31. The number of rotatable bonds is 4. The topological polar surface area (TPSA) is 76.4 Å². The summed E-state index contributed by atoms with van der Waals surface area (Å²) in [5.41, 5.74) is 2.94. The molecular formula is C20H17ClN4O2S. The summed E-state index contributed by atoms with van der Waals surface area (Å²) in [6.45, 7) is 3.76. The first-order valence-corrected chi connectivity index (χ1v) is 10.4. The van der Waals surface area contributed by atoms with Crippen LogP contribution in [0.15, 0.2) is 65.6 Å². The maximum atomic E-state index is 13.0. The highest BCUT2D eigenvalue weighted by Gasteiger charge is 2.23. The molecule has 4 rings (SSSR count). The minimum absolute atomic E-state index is 0.114. The molecule has 0 amide bonds. The van der Waals surface area contributed by atoms with E-state index < -0.39 is 10.0 Å². The van der Waals surface area contributed by atoms with Crippen LogP contribution in [0.25, 0.3) is 17.0 Å². The zero-order valence-corrected chi connectivity index (χ0v) is 16.8. The summed E-state index contributed by atoms with van der Waals surface area (Å²) in [4.78, 5) is 9.17. The van der Waals surface area contributed by atoms with Crippen molar-refractivity contribution in [1.82, 2.24) is 14.4 Å². The fraction of sp³-hybridized carbons (Fsp3) is 0.100. The van der Waals surface area contributed by atoms with Crippen molar-refractivity contribution in [1.29, 1.82) is 0 Å². The number of nitrogens with zero attached hydrogens (tertiary/aromatic N) is 3. The minimum Gasteiger partial charge on any atom is -0.266 e. The molecule has 0 unspecified atom stereocenters. The van der Waals surface area contributed by atoms with Crippen molar-refractivity contribution in [3.05, 3.63) is 77.1 Å². The van der Waals surface area contributed by atoms with E-state index in [4.69, 9.17) is 11.6 Å². The SMILES string of the molecule is Cc1cc(C)n2c(NS(=O)(=O)c3ccc(Cl)cc3)c(-c3ccccc3)nc2n1. The van der Waals surface area contributed by atoms with Gasteiger partial charge in [-0.2, -0.15) is 0 Å². The molecule has 0 aliphatic rings. The average Bonchev–Trinajstić information content (AvgIpc) is 3.00. The van der Waals surface area contributed by atoms with Gasteiger partial charge in [-0.3, -0.25) is 9.12 Å². The normalized spacial score (nSPS) is 11.7. The lowest BCUT2D eigenvalue weighted by Gasteiger charge is -2.11. The fourth-order valence-corrected chi connectivity index (χ4v) is 4.25. The minimum atomic E-state index is -3.85. The lowest BCUT2D eigenvalue weighted by atomic mass is 10.1. The average molecular weight is 413 g/mol. The largest absolute Gasteiger partial charge is 0.266 e. The Balaban J connectivity index is 1.93. The third-order valence-corrected chi connectivity index (χ3v) is 5.92. The molecule has 0 spiro atoms. The van der Waals surface area contributed by atoms with Gasteiger partial charge in [-0.1, -0.05) is 41.9 Å². The van der Waals surface area contributed by atoms with Crippen molar-refractivity contribution >= 4 is 33.2 Å². The molecule has 6 nitrogen and oxygen atoms in total. The van der Waals surface area contributed by atoms with Crippen LogP contribution in [0.1, 0.15) is 11.4 Å². The van der Waals surface area contributed by atoms with E-state index in [1.807, 2.05) is 50.2 Å². The molecule has 0 radical (unpaired) electrons. The molecule has 28 heavy (non-hydrogen) atoms. The molecule has 8 heteroatoms. The van der Waals surface area contributed by atoms with Crippen LogP contribution in [0.4, 0.5) is 5.82 Å². The van der Waals surface area contributed by atoms with E-state index in [2.05, 4.69) is 14.7 Å². The molecule has 0 fully saturated rings. The van der Waals surface area contributed by atoms with Gasteiger partial charge in [0.2, 0.25) is 5.78 Å². The monoisotopic (exact) mass is 412 g/mol. The Hall–Kier alpha value is -2.90. The molecule has 0 atom stereocenters. The van der Waals surface area contributed by atoms with Crippen LogP contribution in [0.5, 0.6) is 0 Å².